The SMILES string of the molecule is Cn1ncc2c(=O)n(Cc3csc4ccccc34)cnc21. The van der Waals surface area contributed by atoms with Gasteiger partial charge >= 0.3 is 0 Å². The van der Waals surface area contributed by atoms with Crippen LogP contribution >= 0.6 is 11.3 Å². The number of nitrogens with zero attached hydrogens (tertiary/aromatic N) is 4. The third-order valence-electron chi connectivity index (χ3n) is 3.62. The topological polar surface area (TPSA) is 52.7 Å². The molecule has 0 bridgehead atoms. The van der Waals surface area contributed by atoms with Crippen LogP contribution in [0, 0.1) is 0 Å². The van der Waals surface area contributed by atoms with E-state index in [2.05, 4.69) is 27.6 Å². The summed E-state index contributed by atoms with van der Waals surface area (Å²) in [4.78, 5) is 16.8. The minimum absolute atomic E-state index is 0.0524. The smallest absolute Gasteiger partial charge is 0.264 e. The molecule has 3 aromatic heterocycles. The summed E-state index contributed by atoms with van der Waals surface area (Å²) < 4.78 is 4.48. The molecule has 4 rings (SSSR count). The Balaban J connectivity index is 1.84. The molecule has 5 nitrogen and oxygen atoms in total. The highest BCUT2D eigenvalue weighted by atomic mass is 32.1. The number of thiophene rings is 1. The number of aryl methyl sites for hydroxylation is 1. The van der Waals surface area contributed by atoms with Crippen molar-refractivity contribution in [3.63, 3.8) is 0 Å². The second-order valence-corrected chi connectivity index (χ2v) is 5.85. The average molecular weight is 296 g/mol. The lowest BCUT2D eigenvalue weighted by molar-refractivity contribution is 0.742. The van der Waals surface area contributed by atoms with E-state index in [4.69, 9.17) is 0 Å². The van der Waals surface area contributed by atoms with E-state index in [0.717, 1.165) is 5.56 Å². The molecule has 0 atom stereocenters. The fourth-order valence-electron chi connectivity index (χ4n) is 2.52. The molecule has 0 saturated heterocycles. The number of hydrogen-bond donors (Lipinski definition) is 0. The number of fused-ring (bicyclic) bond motifs is 2. The molecule has 1 aromatic carbocycles. The van der Waals surface area contributed by atoms with Crippen molar-refractivity contribution in [2.45, 2.75) is 6.54 Å². The van der Waals surface area contributed by atoms with Crippen LogP contribution in [0.4, 0.5) is 0 Å². The van der Waals surface area contributed by atoms with Gasteiger partial charge in [-0.2, -0.15) is 5.10 Å². The van der Waals surface area contributed by atoms with Crippen LogP contribution in [-0.2, 0) is 13.6 Å². The molecular formula is C15H12N4OS. The second kappa shape index (κ2) is 4.53. The van der Waals surface area contributed by atoms with Crippen molar-refractivity contribution in [1.29, 1.82) is 0 Å². The van der Waals surface area contributed by atoms with Crippen LogP contribution in [0.1, 0.15) is 5.56 Å². The third-order valence-corrected chi connectivity index (χ3v) is 4.63. The lowest BCUT2D eigenvalue weighted by Crippen LogP contribution is -2.20. The van der Waals surface area contributed by atoms with Gasteiger partial charge in [-0.05, 0) is 22.4 Å². The van der Waals surface area contributed by atoms with Crippen molar-refractivity contribution in [2.24, 2.45) is 7.05 Å². The van der Waals surface area contributed by atoms with Crippen LogP contribution in [0.2, 0.25) is 0 Å². The lowest BCUT2D eigenvalue weighted by atomic mass is 10.2. The van der Waals surface area contributed by atoms with Gasteiger partial charge < -0.3 is 0 Å². The molecule has 0 fully saturated rings. The maximum atomic E-state index is 12.5. The predicted octanol–water partition coefficient (Wildman–Crippen LogP) is 2.39. The molecule has 0 aliphatic rings. The molecule has 0 spiro atoms. The fourth-order valence-corrected chi connectivity index (χ4v) is 3.47. The molecule has 104 valence electrons. The van der Waals surface area contributed by atoms with Gasteiger partial charge in [-0.3, -0.25) is 14.0 Å². The van der Waals surface area contributed by atoms with Gasteiger partial charge in [-0.25, -0.2) is 4.98 Å². The van der Waals surface area contributed by atoms with Gasteiger partial charge in [0.15, 0.2) is 5.65 Å². The van der Waals surface area contributed by atoms with E-state index < -0.39 is 0 Å². The summed E-state index contributed by atoms with van der Waals surface area (Å²) in [5.41, 5.74) is 1.71. The highest BCUT2D eigenvalue weighted by molar-refractivity contribution is 7.17. The Bertz CT molecular complexity index is 1010. The maximum absolute atomic E-state index is 12.5. The molecule has 4 aromatic rings. The summed E-state index contributed by atoms with van der Waals surface area (Å²) in [6.07, 6.45) is 3.17. The van der Waals surface area contributed by atoms with E-state index in [1.54, 1.807) is 40.2 Å². The van der Waals surface area contributed by atoms with Crippen molar-refractivity contribution in [1.82, 2.24) is 19.3 Å². The van der Waals surface area contributed by atoms with Crippen LogP contribution in [0.3, 0.4) is 0 Å². The third kappa shape index (κ3) is 1.87. The normalized spacial score (nSPS) is 11.5. The van der Waals surface area contributed by atoms with Crippen LogP contribution in [0.5, 0.6) is 0 Å². The van der Waals surface area contributed by atoms with E-state index in [0.29, 0.717) is 17.6 Å². The molecule has 0 radical (unpaired) electrons. The number of benzene rings is 1. The molecule has 21 heavy (non-hydrogen) atoms. The molecule has 6 heteroatoms. The maximum Gasteiger partial charge on any atom is 0.264 e. The number of aromatic nitrogens is 4. The molecule has 0 amide bonds. The summed E-state index contributed by atoms with van der Waals surface area (Å²) in [7, 11) is 1.78. The summed E-state index contributed by atoms with van der Waals surface area (Å²) in [5, 5.41) is 7.94. The average Bonchev–Trinajstić information content (AvgIpc) is 3.07. The monoisotopic (exact) mass is 296 g/mol. The Labute approximate surface area is 124 Å². The van der Waals surface area contributed by atoms with E-state index in [1.807, 2.05) is 12.1 Å². The quantitative estimate of drug-likeness (QED) is 0.571. The van der Waals surface area contributed by atoms with E-state index in [1.165, 1.54) is 10.1 Å². The zero-order chi connectivity index (χ0) is 14.4. The van der Waals surface area contributed by atoms with Gasteiger partial charge in [0.25, 0.3) is 5.56 Å². The predicted molar refractivity (Wildman–Crippen MR) is 83.7 cm³/mol. The van der Waals surface area contributed by atoms with Crippen molar-refractivity contribution in [2.75, 3.05) is 0 Å². The van der Waals surface area contributed by atoms with Gasteiger partial charge in [0.05, 0.1) is 12.7 Å². The van der Waals surface area contributed by atoms with E-state index in [9.17, 15) is 4.79 Å². The molecule has 0 saturated carbocycles. The van der Waals surface area contributed by atoms with Crippen molar-refractivity contribution >= 4 is 32.5 Å². The summed E-state index contributed by atoms with van der Waals surface area (Å²) in [6.45, 7) is 0.528. The Morgan fingerprint density at radius 1 is 1.24 bits per heavy atom. The number of rotatable bonds is 2. The minimum Gasteiger partial charge on any atom is -0.294 e. The Kier molecular flexibility index (Phi) is 2.65. The molecule has 0 aliphatic carbocycles. The number of hydrogen-bond acceptors (Lipinski definition) is 4. The van der Waals surface area contributed by atoms with Crippen LogP contribution < -0.4 is 5.56 Å². The first-order chi connectivity index (χ1) is 10.2. The van der Waals surface area contributed by atoms with Crippen LogP contribution in [0.25, 0.3) is 21.1 Å². The molecular weight excluding hydrogens is 284 g/mol. The van der Waals surface area contributed by atoms with Crippen LogP contribution in [-0.4, -0.2) is 19.3 Å². The van der Waals surface area contributed by atoms with E-state index >= 15 is 0 Å². The van der Waals surface area contributed by atoms with Crippen molar-refractivity contribution < 1.29 is 0 Å². The largest absolute Gasteiger partial charge is 0.294 e. The first kappa shape index (κ1) is 12.3. The second-order valence-electron chi connectivity index (χ2n) is 4.94. The Hall–Kier alpha value is -2.47. The highest BCUT2D eigenvalue weighted by Gasteiger charge is 2.10. The van der Waals surface area contributed by atoms with Crippen molar-refractivity contribution in [3.8, 4) is 0 Å². The fraction of sp³-hybridized carbons (Fsp3) is 0.133. The first-order valence-corrected chi connectivity index (χ1v) is 7.44. The summed E-state index contributed by atoms with van der Waals surface area (Å²) in [5.74, 6) is 0. The van der Waals surface area contributed by atoms with Gasteiger partial charge in [0.2, 0.25) is 0 Å². The zero-order valence-corrected chi connectivity index (χ0v) is 12.2. The van der Waals surface area contributed by atoms with Crippen molar-refractivity contribution in [3.05, 3.63) is 58.1 Å². The van der Waals surface area contributed by atoms with E-state index in [-0.39, 0.29) is 5.56 Å². The molecule has 3 heterocycles. The Morgan fingerprint density at radius 2 is 2.10 bits per heavy atom. The molecule has 0 N–H and O–H groups in total. The van der Waals surface area contributed by atoms with Gasteiger partial charge in [0, 0.05) is 11.7 Å². The summed E-state index contributed by atoms with van der Waals surface area (Å²) >= 11 is 1.69. The summed E-state index contributed by atoms with van der Waals surface area (Å²) in [6, 6.07) is 8.22. The van der Waals surface area contributed by atoms with Gasteiger partial charge in [-0.1, -0.05) is 18.2 Å². The van der Waals surface area contributed by atoms with Gasteiger partial charge in [0.1, 0.15) is 11.7 Å². The minimum atomic E-state index is -0.0524. The zero-order valence-electron chi connectivity index (χ0n) is 11.4. The Morgan fingerprint density at radius 3 is 3.00 bits per heavy atom. The highest BCUT2D eigenvalue weighted by Crippen LogP contribution is 2.25. The molecule has 0 unspecified atom stereocenters. The standard InChI is InChI=1S/C15H12N4OS/c1-18-14-12(6-17-18)15(20)19(9-16-14)7-10-8-21-13-5-3-2-4-11(10)13/h2-6,8-9H,7H2,1H3. The van der Waals surface area contributed by atoms with Gasteiger partial charge in [-0.15, -0.1) is 11.3 Å². The van der Waals surface area contributed by atoms with Crippen LogP contribution in [0.15, 0.2) is 47.0 Å². The molecule has 0 aliphatic heterocycles. The lowest BCUT2D eigenvalue weighted by Gasteiger charge is -2.04. The first-order valence-electron chi connectivity index (χ1n) is 6.56.